The molecule has 2 aromatic carbocycles. The van der Waals surface area contributed by atoms with Gasteiger partial charge in [0, 0.05) is 11.1 Å². The Kier molecular flexibility index (Phi) is 4.06. The molecule has 0 fully saturated rings. The molecule has 0 aliphatic heterocycles. The van der Waals surface area contributed by atoms with Gasteiger partial charge in [-0.1, -0.05) is 18.2 Å². The van der Waals surface area contributed by atoms with Crippen molar-refractivity contribution in [2.45, 2.75) is 18.2 Å². The third-order valence-corrected chi connectivity index (χ3v) is 3.68. The Morgan fingerprint density at radius 1 is 1.19 bits per heavy atom. The lowest BCUT2D eigenvalue weighted by Gasteiger charge is -2.09. The molecule has 21 heavy (non-hydrogen) atoms. The van der Waals surface area contributed by atoms with Gasteiger partial charge in [-0.05, 0) is 30.5 Å². The summed E-state index contributed by atoms with van der Waals surface area (Å²) >= 11 is 0. The minimum atomic E-state index is -4.33. The number of anilines is 1. The molecule has 2 aromatic rings. The smallest absolute Gasteiger partial charge is 0.294 e. The van der Waals surface area contributed by atoms with Crippen LogP contribution in [-0.4, -0.2) is 24.7 Å². The molecule has 0 aliphatic rings. The molecule has 0 spiro atoms. The fourth-order valence-corrected chi connectivity index (χ4v) is 2.45. The Labute approximate surface area is 121 Å². The Morgan fingerprint density at radius 3 is 2.52 bits per heavy atom. The summed E-state index contributed by atoms with van der Waals surface area (Å²) in [5, 5.41) is 3.72. The number of fused-ring (bicyclic) bond motifs is 1. The first-order chi connectivity index (χ1) is 9.77. The second-order valence-electron chi connectivity index (χ2n) is 4.59. The number of amides is 1. The van der Waals surface area contributed by atoms with Crippen LogP contribution in [0.3, 0.4) is 0 Å². The van der Waals surface area contributed by atoms with E-state index in [1.165, 1.54) is 25.1 Å². The number of carbonyl (C=O) groups excluding carboxylic acids is 2. The normalized spacial score (nSPS) is 11.3. The van der Waals surface area contributed by atoms with Crippen molar-refractivity contribution in [3.63, 3.8) is 0 Å². The van der Waals surface area contributed by atoms with Crippen molar-refractivity contribution in [1.82, 2.24) is 0 Å². The average Bonchev–Trinajstić information content (AvgIpc) is 2.36. The predicted molar refractivity (Wildman–Crippen MR) is 77.7 cm³/mol. The maximum absolute atomic E-state index is 11.6. The van der Waals surface area contributed by atoms with E-state index in [1.54, 1.807) is 18.2 Å². The van der Waals surface area contributed by atoms with E-state index in [4.69, 9.17) is 4.55 Å². The summed E-state index contributed by atoms with van der Waals surface area (Å²) in [7, 11) is -4.33. The molecule has 0 bridgehead atoms. The van der Waals surface area contributed by atoms with Gasteiger partial charge in [0.2, 0.25) is 5.91 Å². The fourth-order valence-electron chi connectivity index (χ4n) is 1.94. The maximum atomic E-state index is 11.6. The minimum Gasteiger partial charge on any atom is -0.325 e. The van der Waals surface area contributed by atoms with E-state index in [-0.39, 0.29) is 17.1 Å². The zero-order chi connectivity index (χ0) is 15.6. The average molecular weight is 307 g/mol. The lowest BCUT2D eigenvalue weighted by molar-refractivity contribution is -0.124. The van der Waals surface area contributed by atoms with Gasteiger partial charge in [-0.3, -0.25) is 14.1 Å². The van der Waals surface area contributed by atoms with Crippen molar-refractivity contribution in [3.8, 4) is 0 Å². The maximum Gasteiger partial charge on any atom is 0.294 e. The summed E-state index contributed by atoms with van der Waals surface area (Å²) in [5.41, 5.74) is 0.379. The summed E-state index contributed by atoms with van der Waals surface area (Å²) in [6, 6.07) is 9.10. The molecule has 0 saturated heterocycles. The quantitative estimate of drug-likeness (QED) is 0.664. The number of benzene rings is 2. The number of ketones is 1. The van der Waals surface area contributed by atoms with E-state index in [0.29, 0.717) is 16.5 Å². The lowest BCUT2D eigenvalue weighted by Crippen LogP contribution is -2.14. The third-order valence-electron chi connectivity index (χ3n) is 2.84. The molecule has 1 amide bonds. The van der Waals surface area contributed by atoms with Crippen molar-refractivity contribution in [2.24, 2.45) is 0 Å². The van der Waals surface area contributed by atoms with E-state index < -0.39 is 16.0 Å². The molecule has 2 rings (SSSR count). The molecular weight excluding hydrogens is 294 g/mol. The van der Waals surface area contributed by atoms with Crippen molar-refractivity contribution in [2.75, 3.05) is 5.32 Å². The zero-order valence-corrected chi connectivity index (χ0v) is 12.0. The summed E-state index contributed by atoms with van der Waals surface area (Å²) in [6.45, 7) is 1.30. The van der Waals surface area contributed by atoms with E-state index in [9.17, 15) is 18.0 Å². The monoisotopic (exact) mass is 307 g/mol. The highest BCUT2D eigenvalue weighted by molar-refractivity contribution is 7.85. The highest BCUT2D eigenvalue weighted by Crippen LogP contribution is 2.26. The van der Waals surface area contributed by atoms with E-state index in [1.807, 2.05) is 0 Å². The number of Topliss-reactive ketones (excluding diaryl/α,β-unsaturated/α-hetero) is 1. The molecular formula is C14H13NO5S. The minimum absolute atomic E-state index is 0.256. The topological polar surface area (TPSA) is 101 Å². The summed E-state index contributed by atoms with van der Waals surface area (Å²) in [6.07, 6.45) is -0.256. The Morgan fingerprint density at radius 2 is 1.90 bits per heavy atom. The van der Waals surface area contributed by atoms with E-state index in [0.717, 1.165) is 0 Å². The number of hydrogen-bond acceptors (Lipinski definition) is 4. The second-order valence-corrected chi connectivity index (χ2v) is 6.01. The van der Waals surface area contributed by atoms with E-state index >= 15 is 0 Å². The van der Waals surface area contributed by atoms with Crippen LogP contribution in [0.1, 0.15) is 13.3 Å². The van der Waals surface area contributed by atoms with Crippen molar-refractivity contribution in [3.05, 3.63) is 36.4 Å². The van der Waals surface area contributed by atoms with Crippen LogP contribution in [0.5, 0.6) is 0 Å². The van der Waals surface area contributed by atoms with Crippen molar-refractivity contribution < 1.29 is 22.6 Å². The molecule has 0 atom stereocenters. The molecule has 2 N–H and O–H groups in total. The van der Waals surface area contributed by atoms with Crippen LogP contribution in [0.25, 0.3) is 10.8 Å². The van der Waals surface area contributed by atoms with Crippen LogP contribution in [0, 0.1) is 0 Å². The molecule has 7 heteroatoms. The summed E-state index contributed by atoms with van der Waals surface area (Å²) < 4.78 is 31.4. The number of nitrogens with one attached hydrogen (secondary N) is 1. The Balaban J connectivity index is 2.48. The largest absolute Gasteiger partial charge is 0.325 e. The van der Waals surface area contributed by atoms with Gasteiger partial charge in [-0.15, -0.1) is 0 Å². The zero-order valence-electron chi connectivity index (χ0n) is 11.2. The first-order valence-electron chi connectivity index (χ1n) is 6.07. The molecule has 0 radical (unpaired) electrons. The second kappa shape index (κ2) is 5.63. The highest BCUT2D eigenvalue weighted by atomic mass is 32.2. The van der Waals surface area contributed by atoms with Crippen LogP contribution in [0.4, 0.5) is 5.69 Å². The first kappa shape index (κ1) is 15.1. The van der Waals surface area contributed by atoms with Gasteiger partial charge < -0.3 is 5.32 Å². The molecule has 6 nitrogen and oxygen atoms in total. The van der Waals surface area contributed by atoms with Gasteiger partial charge >= 0.3 is 0 Å². The van der Waals surface area contributed by atoms with Gasteiger partial charge in [-0.25, -0.2) is 0 Å². The number of hydrogen-bond donors (Lipinski definition) is 2. The van der Waals surface area contributed by atoms with Gasteiger partial charge in [0.05, 0.1) is 11.3 Å². The molecule has 0 unspecified atom stereocenters. The lowest BCUT2D eigenvalue weighted by atomic mass is 10.1. The number of carbonyl (C=O) groups is 2. The van der Waals surface area contributed by atoms with Crippen molar-refractivity contribution in [1.29, 1.82) is 0 Å². The first-order valence-corrected chi connectivity index (χ1v) is 7.51. The Bertz CT molecular complexity index is 826. The van der Waals surface area contributed by atoms with Crippen LogP contribution in [0.2, 0.25) is 0 Å². The van der Waals surface area contributed by atoms with Crippen LogP contribution in [0.15, 0.2) is 41.3 Å². The van der Waals surface area contributed by atoms with Gasteiger partial charge in [0.25, 0.3) is 10.1 Å². The summed E-state index contributed by atoms with van der Waals surface area (Å²) in [4.78, 5) is 22.3. The third kappa shape index (κ3) is 3.65. The van der Waals surface area contributed by atoms with Crippen LogP contribution >= 0.6 is 0 Å². The SMILES string of the molecule is CC(=O)CC(=O)Nc1cccc2ccc(S(=O)(=O)O)cc12. The van der Waals surface area contributed by atoms with Gasteiger partial charge in [0.1, 0.15) is 5.78 Å². The standard InChI is InChI=1S/C14H13NO5S/c1-9(16)7-14(17)15-13-4-2-3-10-5-6-11(8-12(10)13)21(18,19)20/h2-6,8H,7H2,1H3,(H,15,17)(H,18,19,20). The molecule has 0 aliphatic carbocycles. The fraction of sp³-hybridized carbons (Fsp3) is 0.143. The molecule has 0 heterocycles. The number of rotatable bonds is 4. The predicted octanol–water partition coefficient (Wildman–Crippen LogP) is 2.00. The molecule has 0 saturated carbocycles. The molecule has 0 aromatic heterocycles. The highest BCUT2D eigenvalue weighted by Gasteiger charge is 2.13. The Hall–Kier alpha value is -2.25. The van der Waals surface area contributed by atoms with Crippen LogP contribution in [-0.2, 0) is 19.7 Å². The van der Waals surface area contributed by atoms with Gasteiger partial charge in [-0.2, -0.15) is 8.42 Å². The molecule has 110 valence electrons. The van der Waals surface area contributed by atoms with E-state index in [2.05, 4.69) is 5.32 Å². The van der Waals surface area contributed by atoms with Gasteiger partial charge in [0.15, 0.2) is 0 Å². The summed E-state index contributed by atoms with van der Waals surface area (Å²) in [5.74, 6) is -0.751. The van der Waals surface area contributed by atoms with Crippen LogP contribution < -0.4 is 5.32 Å². The van der Waals surface area contributed by atoms with Crippen molar-refractivity contribution >= 4 is 38.3 Å².